The summed E-state index contributed by atoms with van der Waals surface area (Å²) in [6.07, 6.45) is 1.71. The quantitative estimate of drug-likeness (QED) is 0.529. The van der Waals surface area contributed by atoms with Crippen molar-refractivity contribution in [2.75, 3.05) is 0 Å². The number of benzene rings is 1. The molecule has 1 aliphatic heterocycles. The van der Waals surface area contributed by atoms with Gasteiger partial charge in [0.2, 0.25) is 0 Å². The molecule has 20 heavy (non-hydrogen) atoms. The van der Waals surface area contributed by atoms with E-state index in [2.05, 4.69) is 0 Å². The molecule has 7 heteroatoms. The number of nitro benzene ring substituents is 1. The predicted octanol–water partition coefficient (Wildman–Crippen LogP) is 3.10. The molecule has 0 saturated heterocycles. The van der Waals surface area contributed by atoms with Gasteiger partial charge < -0.3 is 4.57 Å². The van der Waals surface area contributed by atoms with Crippen molar-refractivity contribution in [3.8, 4) is 11.3 Å². The molecule has 0 N–H and O–H groups in total. The minimum atomic E-state index is -0.555. The van der Waals surface area contributed by atoms with Crippen LogP contribution >= 0.6 is 0 Å². The van der Waals surface area contributed by atoms with Crippen LogP contribution in [-0.2, 0) is 7.05 Å². The van der Waals surface area contributed by atoms with Crippen LogP contribution in [0.4, 0.5) is 11.4 Å². The van der Waals surface area contributed by atoms with E-state index >= 15 is 0 Å². The topological polar surface area (TPSA) is 91.2 Å². The van der Waals surface area contributed by atoms with Gasteiger partial charge in [-0.3, -0.25) is 20.2 Å². The van der Waals surface area contributed by atoms with Crippen LogP contribution in [0.25, 0.3) is 22.0 Å². The van der Waals surface area contributed by atoms with E-state index in [-0.39, 0.29) is 11.4 Å². The van der Waals surface area contributed by atoms with Crippen molar-refractivity contribution in [3.63, 3.8) is 0 Å². The second kappa shape index (κ2) is 4.02. The fourth-order valence-corrected chi connectivity index (χ4v) is 2.51. The third-order valence-corrected chi connectivity index (χ3v) is 3.35. The molecule has 0 amide bonds. The third kappa shape index (κ3) is 1.53. The van der Waals surface area contributed by atoms with E-state index in [1.54, 1.807) is 36.0 Å². The number of nitrogens with zero attached hydrogens (tertiary/aromatic N) is 3. The number of aryl methyl sites for hydroxylation is 1. The summed E-state index contributed by atoms with van der Waals surface area (Å²) in [5.41, 5.74) is 0.931. The van der Waals surface area contributed by atoms with Crippen molar-refractivity contribution in [2.45, 2.75) is 0 Å². The summed E-state index contributed by atoms with van der Waals surface area (Å²) in [5.74, 6) is 0. The first kappa shape index (κ1) is 12.1. The number of hydrogen-bond donors (Lipinski definition) is 0. The highest BCUT2D eigenvalue weighted by molar-refractivity contribution is 6.10. The fourth-order valence-electron chi connectivity index (χ4n) is 2.51. The monoisotopic (exact) mass is 271 g/mol. The highest BCUT2D eigenvalue weighted by Crippen LogP contribution is 2.44. The van der Waals surface area contributed by atoms with Gasteiger partial charge in [-0.15, -0.1) is 0 Å². The van der Waals surface area contributed by atoms with Crippen LogP contribution in [0.5, 0.6) is 0 Å². The van der Waals surface area contributed by atoms with E-state index < -0.39 is 9.85 Å². The number of fused-ring (bicyclic) bond motifs is 3. The Bertz CT molecular complexity index is 837. The first-order valence-corrected chi connectivity index (χ1v) is 5.80. The second-order valence-corrected chi connectivity index (χ2v) is 4.47. The molecule has 0 atom stereocenters. The summed E-state index contributed by atoms with van der Waals surface area (Å²) in [7, 11) is 1.71. The fraction of sp³-hybridized carbons (Fsp3) is 0.0769. The van der Waals surface area contributed by atoms with E-state index in [9.17, 15) is 20.2 Å². The van der Waals surface area contributed by atoms with E-state index in [1.807, 2.05) is 0 Å². The van der Waals surface area contributed by atoms with Crippen LogP contribution in [0.2, 0.25) is 0 Å². The lowest BCUT2D eigenvalue weighted by Crippen LogP contribution is -1.98. The third-order valence-electron chi connectivity index (χ3n) is 3.35. The van der Waals surface area contributed by atoms with Gasteiger partial charge in [-0.25, -0.2) is 0 Å². The smallest absolute Gasteiger partial charge is 0.301 e. The van der Waals surface area contributed by atoms with Crippen molar-refractivity contribution in [2.24, 2.45) is 7.05 Å². The van der Waals surface area contributed by atoms with Gasteiger partial charge in [0.25, 0.3) is 5.69 Å². The maximum atomic E-state index is 11.3. The van der Waals surface area contributed by atoms with Gasteiger partial charge in [0.1, 0.15) is 5.69 Å². The minimum Gasteiger partial charge on any atom is -0.345 e. The Balaban J connectivity index is 2.53. The van der Waals surface area contributed by atoms with Crippen molar-refractivity contribution >= 4 is 22.1 Å². The van der Waals surface area contributed by atoms with Gasteiger partial charge in [0, 0.05) is 30.9 Å². The highest BCUT2D eigenvalue weighted by Gasteiger charge is 2.29. The molecule has 0 fully saturated rings. The largest absolute Gasteiger partial charge is 0.345 e. The molecule has 0 bridgehead atoms. The molecular formula is C13H9N3O4. The Morgan fingerprint density at radius 2 is 1.80 bits per heavy atom. The van der Waals surface area contributed by atoms with Crippen LogP contribution in [-0.4, -0.2) is 14.4 Å². The molecule has 1 heterocycles. The van der Waals surface area contributed by atoms with Crippen molar-refractivity contribution in [3.05, 3.63) is 56.8 Å². The van der Waals surface area contributed by atoms with E-state index in [4.69, 9.17) is 0 Å². The van der Waals surface area contributed by atoms with Gasteiger partial charge in [0.15, 0.2) is 0 Å². The van der Waals surface area contributed by atoms with E-state index in [1.165, 1.54) is 12.1 Å². The average Bonchev–Trinajstić information content (AvgIpc) is 2.74. The SMILES string of the molecule is Cn1cccc2c3ccc([N+](=O)[O-])cc3c([N+](=O)[O-])c1-2. The molecule has 0 radical (unpaired) electrons. The molecule has 2 aliphatic rings. The maximum absolute atomic E-state index is 11.3. The Labute approximate surface area is 112 Å². The number of aromatic nitrogens is 1. The van der Waals surface area contributed by atoms with Crippen molar-refractivity contribution in [1.29, 1.82) is 0 Å². The molecule has 1 aliphatic carbocycles. The van der Waals surface area contributed by atoms with Crippen molar-refractivity contribution < 1.29 is 9.85 Å². The highest BCUT2D eigenvalue weighted by atomic mass is 16.6. The second-order valence-electron chi connectivity index (χ2n) is 4.47. The summed E-state index contributed by atoms with van der Waals surface area (Å²) in [6.45, 7) is 0. The number of nitro groups is 2. The number of hydrogen-bond acceptors (Lipinski definition) is 4. The van der Waals surface area contributed by atoms with Gasteiger partial charge in [-0.05, 0) is 17.5 Å². The predicted molar refractivity (Wildman–Crippen MR) is 72.8 cm³/mol. The van der Waals surface area contributed by atoms with Crippen LogP contribution in [0, 0.1) is 20.2 Å². The van der Waals surface area contributed by atoms with E-state index in [0.29, 0.717) is 22.0 Å². The molecular weight excluding hydrogens is 262 g/mol. The first-order chi connectivity index (χ1) is 9.50. The number of rotatable bonds is 2. The Morgan fingerprint density at radius 3 is 2.45 bits per heavy atom. The number of pyridine rings is 1. The zero-order valence-electron chi connectivity index (χ0n) is 10.4. The van der Waals surface area contributed by atoms with Crippen molar-refractivity contribution in [1.82, 2.24) is 4.57 Å². The van der Waals surface area contributed by atoms with E-state index in [0.717, 1.165) is 0 Å². The summed E-state index contributed by atoms with van der Waals surface area (Å²) in [5, 5.41) is 23.1. The Hall–Kier alpha value is -2.96. The van der Waals surface area contributed by atoms with Crippen LogP contribution in [0.3, 0.4) is 0 Å². The summed E-state index contributed by atoms with van der Waals surface area (Å²) in [6, 6.07) is 7.73. The first-order valence-electron chi connectivity index (χ1n) is 5.80. The van der Waals surface area contributed by atoms with Crippen LogP contribution in [0.15, 0.2) is 36.5 Å². The molecule has 0 saturated carbocycles. The zero-order valence-corrected chi connectivity index (χ0v) is 10.4. The molecule has 3 rings (SSSR count). The molecule has 0 unspecified atom stereocenters. The lowest BCUT2D eigenvalue weighted by atomic mass is 10.1. The molecule has 100 valence electrons. The van der Waals surface area contributed by atoms with Crippen LogP contribution in [0.1, 0.15) is 0 Å². The Kier molecular flexibility index (Phi) is 2.43. The van der Waals surface area contributed by atoms with Gasteiger partial charge >= 0.3 is 5.69 Å². The number of non-ortho nitro benzene ring substituents is 1. The van der Waals surface area contributed by atoms with Gasteiger partial charge in [-0.2, -0.15) is 0 Å². The normalized spacial score (nSPS) is 11.1. The molecule has 0 spiro atoms. The van der Waals surface area contributed by atoms with Gasteiger partial charge in [0.05, 0.1) is 15.2 Å². The average molecular weight is 271 g/mol. The lowest BCUT2D eigenvalue weighted by molar-refractivity contribution is -0.385. The molecule has 1 aromatic rings. The molecule has 0 aromatic heterocycles. The molecule has 1 aromatic carbocycles. The maximum Gasteiger partial charge on any atom is 0.301 e. The van der Waals surface area contributed by atoms with Gasteiger partial charge in [-0.1, -0.05) is 6.07 Å². The Morgan fingerprint density at radius 1 is 1.05 bits per heavy atom. The standard InChI is InChI=1S/C13H9N3O4/c1-14-6-2-3-10-9-5-4-8(15(17)18)7-11(9)13(12(10)14)16(19)20/h2-7H,1H3. The summed E-state index contributed by atoms with van der Waals surface area (Å²) < 4.78 is 1.65. The minimum absolute atomic E-state index is 0.0956. The summed E-state index contributed by atoms with van der Waals surface area (Å²) in [4.78, 5) is 21.1. The summed E-state index contributed by atoms with van der Waals surface area (Å²) >= 11 is 0. The lowest BCUT2D eigenvalue weighted by Gasteiger charge is -2.05. The molecule has 7 nitrogen and oxygen atoms in total. The zero-order chi connectivity index (χ0) is 14.4. The van der Waals surface area contributed by atoms with Crippen LogP contribution < -0.4 is 0 Å².